The Hall–Kier alpha value is -2.62. The van der Waals surface area contributed by atoms with Crippen molar-refractivity contribution in [3.05, 3.63) is 71.8 Å². The predicted octanol–water partition coefficient (Wildman–Crippen LogP) is 6.17. The molecule has 2 rings (SSSR count). The zero-order chi connectivity index (χ0) is 24.1. The third-order valence-electron chi connectivity index (χ3n) is 6.39. The van der Waals surface area contributed by atoms with E-state index in [0.717, 1.165) is 32.1 Å². The SMILES string of the molecule is CCCCC(CC)C(=O)N(CCC(=O)NCCC(c1ccccc1)c1ccccc1)C(C)C. The lowest BCUT2D eigenvalue weighted by atomic mass is 9.88. The van der Waals surface area contributed by atoms with Crippen molar-refractivity contribution in [2.45, 2.75) is 78.2 Å². The molecule has 2 aromatic rings. The molecule has 0 aliphatic rings. The second-order valence-corrected chi connectivity index (χ2v) is 9.14. The largest absolute Gasteiger partial charge is 0.356 e. The van der Waals surface area contributed by atoms with E-state index in [1.807, 2.05) is 30.9 Å². The normalized spacial score (nSPS) is 12.1. The first-order valence-corrected chi connectivity index (χ1v) is 12.6. The molecule has 0 saturated heterocycles. The molecular formula is C29H42N2O2. The van der Waals surface area contributed by atoms with Crippen LogP contribution in [-0.2, 0) is 9.59 Å². The van der Waals surface area contributed by atoms with E-state index in [2.05, 4.69) is 67.7 Å². The summed E-state index contributed by atoms with van der Waals surface area (Å²) >= 11 is 0. The number of rotatable bonds is 14. The number of amides is 2. The fraction of sp³-hybridized carbons (Fsp3) is 0.517. The Morgan fingerprint density at radius 2 is 1.45 bits per heavy atom. The van der Waals surface area contributed by atoms with Gasteiger partial charge in [-0.1, -0.05) is 87.4 Å². The van der Waals surface area contributed by atoms with Crippen molar-refractivity contribution in [1.29, 1.82) is 0 Å². The minimum atomic E-state index is 0.00919. The summed E-state index contributed by atoms with van der Waals surface area (Å²) in [4.78, 5) is 27.5. The van der Waals surface area contributed by atoms with Gasteiger partial charge in [-0.05, 0) is 44.2 Å². The molecule has 4 nitrogen and oxygen atoms in total. The highest BCUT2D eigenvalue weighted by atomic mass is 16.2. The molecule has 1 N–H and O–H groups in total. The number of benzene rings is 2. The predicted molar refractivity (Wildman–Crippen MR) is 137 cm³/mol. The van der Waals surface area contributed by atoms with Gasteiger partial charge < -0.3 is 10.2 Å². The molecule has 0 fully saturated rings. The van der Waals surface area contributed by atoms with Crippen molar-refractivity contribution < 1.29 is 9.59 Å². The molecule has 0 aromatic heterocycles. The Labute approximate surface area is 200 Å². The zero-order valence-electron chi connectivity index (χ0n) is 20.9. The Bertz CT molecular complexity index is 781. The van der Waals surface area contributed by atoms with Crippen LogP contribution >= 0.6 is 0 Å². The molecule has 1 unspecified atom stereocenters. The van der Waals surface area contributed by atoms with Gasteiger partial charge in [-0.2, -0.15) is 0 Å². The Morgan fingerprint density at radius 1 is 0.879 bits per heavy atom. The fourth-order valence-corrected chi connectivity index (χ4v) is 4.37. The van der Waals surface area contributed by atoms with Crippen molar-refractivity contribution in [3.8, 4) is 0 Å². The maximum absolute atomic E-state index is 13.0. The summed E-state index contributed by atoms with van der Waals surface area (Å²) in [5.41, 5.74) is 2.51. The minimum Gasteiger partial charge on any atom is -0.356 e. The highest BCUT2D eigenvalue weighted by Gasteiger charge is 2.25. The van der Waals surface area contributed by atoms with E-state index in [0.29, 0.717) is 19.5 Å². The second kappa shape index (κ2) is 14.5. The number of nitrogens with zero attached hydrogens (tertiary/aromatic N) is 1. The number of hydrogen-bond acceptors (Lipinski definition) is 2. The van der Waals surface area contributed by atoms with Crippen LogP contribution in [0.4, 0.5) is 0 Å². The number of hydrogen-bond donors (Lipinski definition) is 1. The number of nitrogens with one attached hydrogen (secondary N) is 1. The first-order chi connectivity index (χ1) is 16.0. The summed E-state index contributed by atoms with van der Waals surface area (Å²) in [7, 11) is 0. The molecule has 0 aliphatic carbocycles. The molecule has 0 bridgehead atoms. The minimum absolute atomic E-state index is 0.00919. The summed E-state index contributed by atoms with van der Waals surface area (Å²) in [5, 5.41) is 3.09. The first kappa shape index (κ1) is 26.6. The van der Waals surface area contributed by atoms with Crippen molar-refractivity contribution in [1.82, 2.24) is 10.2 Å². The molecule has 0 aliphatic heterocycles. The molecule has 0 radical (unpaired) electrons. The lowest BCUT2D eigenvalue weighted by molar-refractivity contribution is -0.138. The summed E-state index contributed by atoms with van der Waals surface area (Å²) in [6.45, 7) is 9.39. The molecule has 0 saturated carbocycles. The number of unbranched alkanes of at least 4 members (excludes halogenated alkanes) is 1. The van der Waals surface area contributed by atoms with Crippen LogP contribution in [0.1, 0.15) is 83.3 Å². The molecule has 4 heteroatoms. The van der Waals surface area contributed by atoms with Crippen LogP contribution < -0.4 is 5.32 Å². The van der Waals surface area contributed by atoms with Crippen LogP contribution in [0.15, 0.2) is 60.7 Å². The second-order valence-electron chi connectivity index (χ2n) is 9.14. The van der Waals surface area contributed by atoms with E-state index in [1.165, 1.54) is 11.1 Å². The molecule has 2 aromatic carbocycles. The van der Waals surface area contributed by atoms with Crippen LogP contribution in [-0.4, -0.2) is 35.8 Å². The van der Waals surface area contributed by atoms with Gasteiger partial charge in [-0.25, -0.2) is 0 Å². The first-order valence-electron chi connectivity index (χ1n) is 12.6. The van der Waals surface area contributed by atoms with Crippen LogP contribution in [0.3, 0.4) is 0 Å². The van der Waals surface area contributed by atoms with Crippen molar-refractivity contribution in [2.24, 2.45) is 5.92 Å². The molecule has 1 atom stereocenters. The summed E-state index contributed by atoms with van der Waals surface area (Å²) in [6.07, 6.45) is 5.13. The van der Waals surface area contributed by atoms with Crippen molar-refractivity contribution in [2.75, 3.05) is 13.1 Å². The molecular weight excluding hydrogens is 408 g/mol. The van der Waals surface area contributed by atoms with Crippen molar-refractivity contribution >= 4 is 11.8 Å². The quantitative estimate of drug-likeness (QED) is 0.374. The molecule has 180 valence electrons. The molecule has 0 spiro atoms. The van der Waals surface area contributed by atoms with E-state index in [9.17, 15) is 9.59 Å². The zero-order valence-corrected chi connectivity index (χ0v) is 20.9. The van der Waals surface area contributed by atoms with Crippen molar-refractivity contribution in [3.63, 3.8) is 0 Å². The summed E-state index contributed by atoms with van der Waals surface area (Å²) in [6, 6.07) is 21.0. The van der Waals surface area contributed by atoms with Gasteiger partial charge in [0.15, 0.2) is 0 Å². The lowest BCUT2D eigenvalue weighted by Crippen LogP contribution is -2.43. The van der Waals surface area contributed by atoms with E-state index in [-0.39, 0.29) is 29.7 Å². The van der Waals surface area contributed by atoms with E-state index in [1.54, 1.807) is 0 Å². The van der Waals surface area contributed by atoms with Gasteiger partial charge in [0.2, 0.25) is 11.8 Å². The third-order valence-corrected chi connectivity index (χ3v) is 6.39. The van der Waals surface area contributed by atoms with Crippen LogP contribution in [0.25, 0.3) is 0 Å². The highest BCUT2D eigenvalue weighted by molar-refractivity contribution is 5.80. The topological polar surface area (TPSA) is 49.4 Å². The Balaban J connectivity index is 1.90. The van der Waals surface area contributed by atoms with Gasteiger partial charge in [-0.3, -0.25) is 9.59 Å². The fourth-order valence-electron chi connectivity index (χ4n) is 4.37. The molecule has 2 amide bonds. The maximum Gasteiger partial charge on any atom is 0.225 e. The third kappa shape index (κ3) is 8.68. The van der Waals surface area contributed by atoms with E-state index >= 15 is 0 Å². The maximum atomic E-state index is 13.0. The number of carbonyl (C=O) groups is 2. The van der Waals surface area contributed by atoms with Gasteiger partial charge in [0.25, 0.3) is 0 Å². The highest BCUT2D eigenvalue weighted by Crippen LogP contribution is 2.27. The van der Waals surface area contributed by atoms with E-state index in [4.69, 9.17) is 0 Å². The number of carbonyl (C=O) groups excluding carboxylic acids is 2. The van der Waals surface area contributed by atoms with E-state index < -0.39 is 0 Å². The lowest BCUT2D eigenvalue weighted by Gasteiger charge is -2.30. The molecule has 0 heterocycles. The smallest absolute Gasteiger partial charge is 0.225 e. The van der Waals surface area contributed by atoms with Gasteiger partial charge >= 0.3 is 0 Å². The molecule has 33 heavy (non-hydrogen) atoms. The average molecular weight is 451 g/mol. The van der Waals surface area contributed by atoms with Gasteiger partial charge in [-0.15, -0.1) is 0 Å². The van der Waals surface area contributed by atoms with Gasteiger partial charge in [0.05, 0.1) is 0 Å². The van der Waals surface area contributed by atoms with Gasteiger partial charge in [0.1, 0.15) is 0 Å². The monoisotopic (exact) mass is 450 g/mol. The summed E-state index contributed by atoms with van der Waals surface area (Å²) < 4.78 is 0. The Kier molecular flexibility index (Phi) is 11.7. The Morgan fingerprint density at radius 3 is 1.94 bits per heavy atom. The average Bonchev–Trinajstić information content (AvgIpc) is 2.83. The van der Waals surface area contributed by atoms with Crippen LogP contribution in [0.2, 0.25) is 0 Å². The van der Waals surface area contributed by atoms with Crippen LogP contribution in [0, 0.1) is 5.92 Å². The van der Waals surface area contributed by atoms with Crippen LogP contribution in [0.5, 0.6) is 0 Å². The summed E-state index contributed by atoms with van der Waals surface area (Å²) in [5.74, 6) is 0.509. The van der Waals surface area contributed by atoms with Gasteiger partial charge in [0, 0.05) is 37.4 Å². The standard InChI is InChI=1S/C29H42N2O2/c1-5-7-14-24(6-2)29(33)31(23(3)4)22-20-28(32)30-21-19-27(25-15-10-8-11-16-25)26-17-12-9-13-18-26/h8-13,15-18,23-24,27H,5-7,14,19-22H2,1-4H3,(H,30,32).